The Bertz CT molecular complexity index is 392. The highest BCUT2D eigenvalue weighted by Gasteiger charge is 2.07. The van der Waals surface area contributed by atoms with E-state index in [0.717, 1.165) is 0 Å². The van der Waals surface area contributed by atoms with E-state index in [9.17, 15) is 0 Å². The van der Waals surface area contributed by atoms with Gasteiger partial charge in [0.2, 0.25) is 0 Å². The zero-order chi connectivity index (χ0) is 12.1. The number of hydrogen-bond donors (Lipinski definition) is 2. The minimum atomic E-state index is 0.134. The molecule has 16 heavy (non-hydrogen) atoms. The Morgan fingerprint density at radius 3 is 2.75 bits per heavy atom. The van der Waals surface area contributed by atoms with Crippen molar-refractivity contribution in [2.75, 3.05) is 12.3 Å². The zero-order valence-corrected chi connectivity index (χ0v) is 10.0. The molecule has 88 valence electrons. The average molecular weight is 243 g/mol. The van der Waals surface area contributed by atoms with Crippen LogP contribution in [0.4, 0.5) is 5.69 Å². The fourth-order valence-corrected chi connectivity index (χ4v) is 1.20. The van der Waals surface area contributed by atoms with Crippen molar-refractivity contribution in [3.05, 3.63) is 23.2 Å². The molecule has 0 saturated carbocycles. The molecule has 1 aromatic rings. The lowest BCUT2D eigenvalue weighted by Gasteiger charge is -2.10. The van der Waals surface area contributed by atoms with Crippen molar-refractivity contribution in [2.24, 2.45) is 11.1 Å². The Balaban J connectivity index is 2.64. The molecule has 0 aliphatic carbocycles. The van der Waals surface area contributed by atoms with Crippen molar-refractivity contribution in [3.8, 4) is 5.75 Å². The largest absolute Gasteiger partial charge is 0.487 e. The van der Waals surface area contributed by atoms with Gasteiger partial charge in [0, 0.05) is 6.07 Å². The van der Waals surface area contributed by atoms with Gasteiger partial charge in [0.1, 0.15) is 12.4 Å². The summed E-state index contributed by atoms with van der Waals surface area (Å²) in [5.74, 6) is 0.735. The smallest absolute Gasteiger partial charge is 0.130 e. The van der Waals surface area contributed by atoms with Crippen LogP contribution in [-0.2, 0) is 0 Å². The minimum absolute atomic E-state index is 0.134. The van der Waals surface area contributed by atoms with E-state index < -0.39 is 0 Å². The van der Waals surface area contributed by atoms with Crippen molar-refractivity contribution in [1.82, 2.24) is 0 Å². The van der Waals surface area contributed by atoms with Crippen molar-refractivity contribution < 1.29 is 9.94 Å². The maximum absolute atomic E-state index is 8.74. The molecule has 0 saturated heterocycles. The predicted octanol–water partition coefficient (Wildman–Crippen LogP) is 2.79. The van der Waals surface area contributed by atoms with Gasteiger partial charge in [-0.1, -0.05) is 30.6 Å². The minimum Gasteiger partial charge on any atom is -0.487 e. The summed E-state index contributed by atoms with van der Waals surface area (Å²) in [5.41, 5.74) is 6.67. The van der Waals surface area contributed by atoms with Gasteiger partial charge < -0.3 is 15.7 Å². The lowest BCUT2D eigenvalue weighted by molar-refractivity contribution is 0.302. The molecule has 0 amide bonds. The molecule has 3 N–H and O–H groups in total. The molecule has 5 heteroatoms. The summed E-state index contributed by atoms with van der Waals surface area (Å²) in [7, 11) is 0. The van der Waals surface area contributed by atoms with Crippen molar-refractivity contribution in [2.45, 2.75) is 13.8 Å². The highest BCUT2D eigenvalue weighted by atomic mass is 35.5. The molecule has 0 bridgehead atoms. The molecule has 1 aromatic carbocycles. The third-order valence-corrected chi connectivity index (χ3v) is 2.49. The summed E-state index contributed by atoms with van der Waals surface area (Å²) in [6.07, 6.45) is 0. The molecule has 4 nitrogen and oxygen atoms in total. The molecular formula is C11H15ClN2O2. The van der Waals surface area contributed by atoms with Gasteiger partial charge in [0.15, 0.2) is 0 Å². The monoisotopic (exact) mass is 242 g/mol. The SMILES string of the molecule is CC(C)/C(COc1ccc(Cl)c(N)c1)=N/O. The van der Waals surface area contributed by atoms with Crippen LogP contribution in [0.5, 0.6) is 5.75 Å². The summed E-state index contributed by atoms with van der Waals surface area (Å²) in [6, 6.07) is 5.02. The number of nitrogens with zero attached hydrogens (tertiary/aromatic N) is 1. The summed E-state index contributed by atoms with van der Waals surface area (Å²) < 4.78 is 5.43. The Labute approximate surface area is 99.7 Å². The number of hydrogen-bond acceptors (Lipinski definition) is 4. The highest BCUT2D eigenvalue weighted by Crippen LogP contribution is 2.23. The fourth-order valence-electron chi connectivity index (χ4n) is 1.08. The van der Waals surface area contributed by atoms with Crippen LogP contribution in [-0.4, -0.2) is 17.5 Å². The summed E-state index contributed by atoms with van der Waals surface area (Å²) in [6.45, 7) is 4.08. The lowest BCUT2D eigenvalue weighted by Crippen LogP contribution is -2.17. The molecular weight excluding hydrogens is 228 g/mol. The summed E-state index contributed by atoms with van der Waals surface area (Å²) in [5, 5.41) is 12.4. The van der Waals surface area contributed by atoms with Gasteiger partial charge >= 0.3 is 0 Å². The normalized spacial score (nSPS) is 11.9. The number of ether oxygens (including phenoxy) is 1. The number of nitrogen functional groups attached to an aromatic ring is 1. The number of benzene rings is 1. The van der Waals surface area contributed by atoms with Gasteiger partial charge in [0.25, 0.3) is 0 Å². The van der Waals surface area contributed by atoms with Gasteiger partial charge in [-0.05, 0) is 18.1 Å². The van der Waals surface area contributed by atoms with Crippen molar-refractivity contribution in [1.29, 1.82) is 0 Å². The molecule has 0 fully saturated rings. The quantitative estimate of drug-likeness (QED) is 0.369. The van der Waals surface area contributed by atoms with Crippen LogP contribution in [0.2, 0.25) is 5.02 Å². The number of nitrogens with two attached hydrogens (primary N) is 1. The Morgan fingerprint density at radius 2 is 2.25 bits per heavy atom. The fraction of sp³-hybridized carbons (Fsp3) is 0.364. The first-order chi connectivity index (χ1) is 7.54. The third kappa shape index (κ3) is 3.31. The highest BCUT2D eigenvalue weighted by molar-refractivity contribution is 6.33. The summed E-state index contributed by atoms with van der Waals surface area (Å²) >= 11 is 5.78. The Morgan fingerprint density at radius 1 is 1.56 bits per heavy atom. The van der Waals surface area contributed by atoms with E-state index in [-0.39, 0.29) is 12.5 Å². The molecule has 0 aromatic heterocycles. The zero-order valence-electron chi connectivity index (χ0n) is 9.27. The second-order valence-corrected chi connectivity index (χ2v) is 4.13. The third-order valence-electron chi connectivity index (χ3n) is 2.15. The van der Waals surface area contributed by atoms with Crippen LogP contribution in [0.3, 0.4) is 0 Å². The maximum Gasteiger partial charge on any atom is 0.130 e. The van der Waals surface area contributed by atoms with E-state index in [2.05, 4.69) is 5.16 Å². The first-order valence-corrected chi connectivity index (χ1v) is 5.31. The van der Waals surface area contributed by atoms with E-state index in [0.29, 0.717) is 22.2 Å². The molecule has 0 heterocycles. The van der Waals surface area contributed by atoms with Crippen LogP contribution in [0.1, 0.15) is 13.8 Å². The maximum atomic E-state index is 8.74. The second kappa shape index (κ2) is 5.61. The summed E-state index contributed by atoms with van der Waals surface area (Å²) in [4.78, 5) is 0. The topological polar surface area (TPSA) is 67.8 Å². The van der Waals surface area contributed by atoms with Crippen LogP contribution < -0.4 is 10.5 Å². The standard InChI is InChI=1S/C11H15ClN2O2/c1-7(2)11(14-15)6-16-8-3-4-9(12)10(13)5-8/h3-5,7,15H,6,13H2,1-2H3/b14-11+. The second-order valence-electron chi connectivity index (χ2n) is 3.72. The molecule has 0 aliphatic heterocycles. The van der Waals surface area contributed by atoms with Gasteiger partial charge in [-0.2, -0.15) is 0 Å². The van der Waals surface area contributed by atoms with Gasteiger partial charge in [0.05, 0.1) is 16.4 Å². The molecule has 1 rings (SSSR count). The van der Waals surface area contributed by atoms with Crippen molar-refractivity contribution in [3.63, 3.8) is 0 Å². The molecule has 0 radical (unpaired) electrons. The van der Waals surface area contributed by atoms with Crippen LogP contribution in [0.25, 0.3) is 0 Å². The number of halogens is 1. The molecule has 0 aliphatic rings. The van der Waals surface area contributed by atoms with Crippen LogP contribution >= 0.6 is 11.6 Å². The predicted molar refractivity (Wildman–Crippen MR) is 65.4 cm³/mol. The first kappa shape index (κ1) is 12.6. The van der Waals surface area contributed by atoms with Gasteiger partial charge in [-0.25, -0.2) is 0 Å². The molecule has 0 unspecified atom stereocenters. The Hall–Kier alpha value is -1.42. The van der Waals surface area contributed by atoms with E-state index in [1.807, 2.05) is 13.8 Å². The molecule has 0 atom stereocenters. The van der Waals surface area contributed by atoms with Gasteiger partial charge in [-0.15, -0.1) is 0 Å². The van der Waals surface area contributed by atoms with E-state index in [1.54, 1.807) is 18.2 Å². The van der Waals surface area contributed by atoms with E-state index >= 15 is 0 Å². The average Bonchev–Trinajstić information content (AvgIpc) is 2.23. The first-order valence-electron chi connectivity index (χ1n) is 4.93. The Kier molecular flexibility index (Phi) is 4.43. The van der Waals surface area contributed by atoms with Gasteiger partial charge in [-0.3, -0.25) is 0 Å². The van der Waals surface area contributed by atoms with E-state index in [1.165, 1.54) is 0 Å². The van der Waals surface area contributed by atoms with Crippen molar-refractivity contribution >= 4 is 23.0 Å². The van der Waals surface area contributed by atoms with E-state index in [4.69, 9.17) is 27.3 Å². The number of rotatable bonds is 4. The number of anilines is 1. The molecule has 0 spiro atoms. The lowest BCUT2D eigenvalue weighted by atomic mass is 10.1. The van der Waals surface area contributed by atoms with Crippen LogP contribution in [0.15, 0.2) is 23.4 Å². The number of oxime groups is 1. The van der Waals surface area contributed by atoms with Crippen LogP contribution in [0, 0.1) is 5.92 Å².